The van der Waals surface area contributed by atoms with Crippen molar-refractivity contribution >= 4 is 17.2 Å². The van der Waals surface area contributed by atoms with E-state index in [1.807, 2.05) is 0 Å². The van der Waals surface area contributed by atoms with Crippen molar-refractivity contribution in [2.45, 2.75) is 0 Å². The van der Waals surface area contributed by atoms with Crippen LogP contribution in [-0.2, 0) is 0 Å². The normalized spacial score (nSPS) is 10.1. The van der Waals surface area contributed by atoms with Crippen LogP contribution in [0.3, 0.4) is 0 Å². The van der Waals surface area contributed by atoms with Crippen LogP contribution in [0.15, 0.2) is 42.5 Å². The number of nitrogen functional groups attached to an aromatic ring is 1. The third-order valence-electron chi connectivity index (χ3n) is 2.83. The van der Waals surface area contributed by atoms with Gasteiger partial charge in [0.1, 0.15) is 5.75 Å². The Morgan fingerprint density at radius 1 is 1.15 bits per heavy atom. The second-order valence-electron chi connectivity index (χ2n) is 4.09. The van der Waals surface area contributed by atoms with Crippen LogP contribution in [0.1, 0.15) is 15.9 Å². The molecule has 0 aliphatic rings. The number of ketones is 1. The van der Waals surface area contributed by atoms with E-state index in [-0.39, 0.29) is 11.5 Å². The lowest BCUT2D eigenvalue weighted by Crippen LogP contribution is -2.03. The molecule has 20 heavy (non-hydrogen) atoms. The van der Waals surface area contributed by atoms with E-state index in [1.165, 1.54) is 37.4 Å². The highest BCUT2D eigenvalue weighted by Gasteiger charge is 2.13. The molecule has 6 nitrogen and oxygen atoms in total. The van der Waals surface area contributed by atoms with E-state index in [2.05, 4.69) is 0 Å². The molecule has 0 aliphatic carbocycles. The van der Waals surface area contributed by atoms with Gasteiger partial charge in [0.15, 0.2) is 5.78 Å². The number of carbonyl (C=O) groups excluding carboxylic acids is 1. The molecule has 0 aromatic heterocycles. The van der Waals surface area contributed by atoms with Crippen LogP contribution < -0.4 is 10.5 Å². The molecular formula is C14H12N2O4. The second kappa shape index (κ2) is 5.40. The van der Waals surface area contributed by atoms with E-state index in [9.17, 15) is 14.9 Å². The number of rotatable bonds is 4. The third kappa shape index (κ3) is 2.59. The summed E-state index contributed by atoms with van der Waals surface area (Å²) < 4.78 is 5.02. The summed E-state index contributed by atoms with van der Waals surface area (Å²) in [5.41, 5.74) is 6.81. The topological polar surface area (TPSA) is 95.5 Å². The fourth-order valence-electron chi connectivity index (χ4n) is 1.78. The number of benzene rings is 2. The summed E-state index contributed by atoms with van der Waals surface area (Å²) >= 11 is 0. The summed E-state index contributed by atoms with van der Waals surface area (Å²) in [6.07, 6.45) is 0. The Kier molecular flexibility index (Phi) is 3.65. The highest BCUT2D eigenvalue weighted by molar-refractivity contribution is 6.09. The van der Waals surface area contributed by atoms with Crippen molar-refractivity contribution in [3.8, 4) is 5.75 Å². The Morgan fingerprint density at radius 2 is 1.75 bits per heavy atom. The monoisotopic (exact) mass is 272 g/mol. The number of ether oxygens (including phenoxy) is 1. The summed E-state index contributed by atoms with van der Waals surface area (Å²) in [6, 6.07) is 10.1. The summed E-state index contributed by atoms with van der Waals surface area (Å²) in [4.78, 5) is 22.3. The zero-order chi connectivity index (χ0) is 14.7. The van der Waals surface area contributed by atoms with Gasteiger partial charge in [0.25, 0.3) is 5.69 Å². The first kappa shape index (κ1) is 13.5. The summed E-state index contributed by atoms with van der Waals surface area (Å²) in [5.74, 6) is 0.236. The standard InChI is InChI=1S/C14H12N2O4/c1-20-13-7-4-10(8-12(13)15)14(17)9-2-5-11(6-3-9)16(18)19/h2-8H,15H2,1H3. The largest absolute Gasteiger partial charge is 0.495 e. The Morgan fingerprint density at radius 3 is 2.25 bits per heavy atom. The number of carbonyl (C=O) groups is 1. The van der Waals surface area contributed by atoms with Gasteiger partial charge in [-0.1, -0.05) is 0 Å². The Hall–Kier alpha value is -2.89. The number of nitro groups is 1. The molecule has 0 atom stereocenters. The first-order chi connectivity index (χ1) is 9.52. The lowest BCUT2D eigenvalue weighted by atomic mass is 10.0. The number of non-ortho nitro benzene ring substituents is 1. The summed E-state index contributed by atoms with van der Waals surface area (Å²) in [5, 5.41) is 10.6. The number of hydrogen-bond acceptors (Lipinski definition) is 5. The maximum atomic E-state index is 12.2. The molecule has 6 heteroatoms. The predicted octanol–water partition coefficient (Wildman–Crippen LogP) is 2.42. The Labute approximate surface area is 114 Å². The molecule has 0 fully saturated rings. The minimum atomic E-state index is -0.514. The van der Waals surface area contributed by atoms with E-state index in [0.29, 0.717) is 22.6 Å². The molecule has 0 aliphatic heterocycles. The first-order valence-corrected chi connectivity index (χ1v) is 5.75. The van der Waals surface area contributed by atoms with Crippen molar-refractivity contribution in [1.82, 2.24) is 0 Å². The Bertz CT molecular complexity index is 665. The molecule has 2 N–H and O–H groups in total. The van der Waals surface area contributed by atoms with Gasteiger partial charge in [-0.05, 0) is 30.3 Å². The predicted molar refractivity (Wildman–Crippen MR) is 73.9 cm³/mol. The average molecular weight is 272 g/mol. The van der Waals surface area contributed by atoms with Gasteiger partial charge < -0.3 is 10.5 Å². The molecule has 2 aromatic carbocycles. The van der Waals surface area contributed by atoms with Gasteiger partial charge in [-0.15, -0.1) is 0 Å². The zero-order valence-corrected chi connectivity index (χ0v) is 10.7. The highest BCUT2D eigenvalue weighted by atomic mass is 16.6. The van der Waals surface area contributed by atoms with E-state index in [1.54, 1.807) is 12.1 Å². The molecule has 2 aromatic rings. The van der Waals surface area contributed by atoms with Crippen LogP contribution in [0.2, 0.25) is 0 Å². The van der Waals surface area contributed by atoms with Gasteiger partial charge in [0.2, 0.25) is 0 Å². The number of nitrogens with two attached hydrogens (primary N) is 1. The molecule has 0 radical (unpaired) electrons. The molecule has 2 rings (SSSR count). The fraction of sp³-hybridized carbons (Fsp3) is 0.0714. The fourth-order valence-corrected chi connectivity index (χ4v) is 1.78. The molecule has 0 heterocycles. The molecule has 0 saturated carbocycles. The Balaban J connectivity index is 2.31. The van der Waals surface area contributed by atoms with Gasteiger partial charge in [-0.3, -0.25) is 14.9 Å². The quantitative estimate of drug-likeness (QED) is 0.399. The van der Waals surface area contributed by atoms with Crippen LogP contribution in [0, 0.1) is 10.1 Å². The molecule has 0 spiro atoms. The van der Waals surface area contributed by atoms with E-state index in [4.69, 9.17) is 10.5 Å². The smallest absolute Gasteiger partial charge is 0.269 e. The van der Waals surface area contributed by atoms with Crippen molar-refractivity contribution < 1.29 is 14.5 Å². The summed E-state index contributed by atoms with van der Waals surface area (Å²) in [7, 11) is 1.49. The number of nitrogens with zero attached hydrogens (tertiary/aromatic N) is 1. The van der Waals surface area contributed by atoms with Crippen LogP contribution >= 0.6 is 0 Å². The molecule has 102 valence electrons. The van der Waals surface area contributed by atoms with Gasteiger partial charge in [0, 0.05) is 23.3 Å². The van der Waals surface area contributed by atoms with Crippen molar-refractivity contribution in [2.24, 2.45) is 0 Å². The molecule has 0 amide bonds. The van der Waals surface area contributed by atoms with Crippen LogP contribution in [-0.4, -0.2) is 17.8 Å². The lowest BCUT2D eigenvalue weighted by Gasteiger charge is -2.06. The van der Waals surface area contributed by atoms with E-state index < -0.39 is 4.92 Å². The molecule has 0 unspecified atom stereocenters. The highest BCUT2D eigenvalue weighted by Crippen LogP contribution is 2.23. The second-order valence-corrected chi connectivity index (χ2v) is 4.09. The maximum absolute atomic E-state index is 12.2. The maximum Gasteiger partial charge on any atom is 0.269 e. The average Bonchev–Trinajstić information content (AvgIpc) is 2.46. The number of anilines is 1. The van der Waals surface area contributed by atoms with Gasteiger partial charge in [-0.25, -0.2) is 0 Å². The van der Waals surface area contributed by atoms with Crippen LogP contribution in [0.4, 0.5) is 11.4 Å². The minimum absolute atomic E-state index is 0.0594. The molecule has 0 bridgehead atoms. The van der Waals surface area contributed by atoms with Gasteiger partial charge >= 0.3 is 0 Å². The number of hydrogen-bond donors (Lipinski definition) is 1. The summed E-state index contributed by atoms with van der Waals surface area (Å²) in [6.45, 7) is 0. The van der Waals surface area contributed by atoms with E-state index in [0.717, 1.165) is 0 Å². The van der Waals surface area contributed by atoms with Crippen molar-refractivity contribution in [2.75, 3.05) is 12.8 Å². The van der Waals surface area contributed by atoms with Crippen molar-refractivity contribution in [3.63, 3.8) is 0 Å². The number of methoxy groups -OCH3 is 1. The van der Waals surface area contributed by atoms with E-state index >= 15 is 0 Å². The van der Waals surface area contributed by atoms with Crippen LogP contribution in [0.5, 0.6) is 5.75 Å². The SMILES string of the molecule is COc1ccc(C(=O)c2ccc([N+](=O)[O-])cc2)cc1N. The van der Waals surface area contributed by atoms with Crippen molar-refractivity contribution in [3.05, 3.63) is 63.7 Å². The third-order valence-corrected chi connectivity index (χ3v) is 2.83. The zero-order valence-electron chi connectivity index (χ0n) is 10.7. The lowest BCUT2D eigenvalue weighted by molar-refractivity contribution is -0.384. The molecule has 0 saturated heterocycles. The molecular weight excluding hydrogens is 260 g/mol. The van der Waals surface area contributed by atoms with Crippen LogP contribution in [0.25, 0.3) is 0 Å². The number of nitro benzene ring substituents is 1. The first-order valence-electron chi connectivity index (χ1n) is 5.75. The van der Waals surface area contributed by atoms with Gasteiger partial charge in [0.05, 0.1) is 17.7 Å². The van der Waals surface area contributed by atoms with Gasteiger partial charge in [-0.2, -0.15) is 0 Å². The van der Waals surface area contributed by atoms with Crippen molar-refractivity contribution in [1.29, 1.82) is 0 Å². The minimum Gasteiger partial charge on any atom is -0.495 e.